The molecule has 1 N–H and O–H groups in total. The van der Waals surface area contributed by atoms with Gasteiger partial charge < -0.3 is 19.5 Å². The van der Waals surface area contributed by atoms with Crippen LogP contribution in [0.1, 0.15) is 49.5 Å². The van der Waals surface area contributed by atoms with Gasteiger partial charge in [0.15, 0.2) is 17.6 Å². The van der Waals surface area contributed by atoms with Gasteiger partial charge in [0.25, 0.3) is 5.91 Å². The Balaban J connectivity index is 2.01. The van der Waals surface area contributed by atoms with Gasteiger partial charge in [-0.25, -0.2) is 4.79 Å². The second kappa shape index (κ2) is 11.5. The van der Waals surface area contributed by atoms with E-state index in [0.29, 0.717) is 36.0 Å². The number of unbranched alkanes of at least 4 members (excludes halogenated alkanes) is 1. The Morgan fingerprint density at radius 2 is 1.80 bits per heavy atom. The molecule has 7 heteroatoms. The summed E-state index contributed by atoms with van der Waals surface area (Å²) < 4.78 is 16.6. The third kappa shape index (κ3) is 6.52. The highest BCUT2D eigenvalue weighted by atomic mass is 16.5. The van der Waals surface area contributed by atoms with Gasteiger partial charge in [-0.2, -0.15) is 5.26 Å². The van der Waals surface area contributed by atoms with Crippen LogP contribution >= 0.6 is 0 Å². The summed E-state index contributed by atoms with van der Waals surface area (Å²) in [5.74, 6) is -0.0951. The highest BCUT2D eigenvalue weighted by Crippen LogP contribution is 2.29. The first-order chi connectivity index (χ1) is 14.5. The fourth-order valence-corrected chi connectivity index (χ4v) is 2.50. The Morgan fingerprint density at radius 1 is 1.07 bits per heavy atom. The van der Waals surface area contributed by atoms with E-state index in [-0.39, 0.29) is 5.56 Å². The van der Waals surface area contributed by atoms with Crippen LogP contribution in [0.25, 0.3) is 0 Å². The molecule has 1 unspecified atom stereocenters. The molecule has 1 atom stereocenters. The van der Waals surface area contributed by atoms with Crippen molar-refractivity contribution in [3.8, 4) is 17.6 Å². The molecule has 0 bridgehead atoms. The Bertz CT molecular complexity index is 903. The summed E-state index contributed by atoms with van der Waals surface area (Å²) in [6.45, 7) is 6.39. The number of hydrogen-bond acceptors (Lipinski definition) is 6. The molecule has 2 aromatic carbocycles. The van der Waals surface area contributed by atoms with E-state index in [9.17, 15) is 9.59 Å². The third-order valence-corrected chi connectivity index (χ3v) is 4.17. The lowest BCUT2D eigenvalue weighted by Crippen LogP contribution is -2.30. The number of benzene rings is 2. The Kier molecular flexibility index (Phi) is 8.70. The maximum atomic E-state index is 12.5. The van der Waals surface area contributed by atoms with Gasteiger partial charge in [-0.05, 0) is 62.7 Å². The summed E-state index contributed by atoms with van der Waals surface area (Å²) >= 11 is 0. The largest absolute Gasteiger partial charge is 0.490 e. The lowest BCUT2D eigenvalue weighted by Gasteiger charge is -2.15. The van der Waals surface area contributed by atoms with E-state index in [1.54, 1.807) is 42.5 Å². The Hall–Kier alpha value is -3.53. The van der Waals surface area contributed by atoms with Crippen molar-refractivity contribution in [2.75, 3.05) is 18.5 Å². The molecule has 2 aromatic rings. The number of hydrogen-bond donors (Lipinski definition) is 1. The zero-order chi connectivity index (χ0) is 21.9. The molecule has 2 rings (SSSR count). The second-order valence-electron chi connectivity index (χ2n) is 6.52. The van der Waals surface area contributed by atoms with Gasteiger partial charge in [-0.3, -0.25) is 4.79 Å². The summed E-state index contributed by atoms with van der Waals surface area (Å²) in [6.07, 6.45) is 0.919. The number of carbonyl (C=O) groups excluding carboxylic acids is 2. The molecule has 30 heavy (non-hydrogen) atoms. The van der Waals surface area contributed by atoms with Gasteiger partial charge in [0, 0.05) is 5.69 Å². The standard InChI is InChI=1S/C23H26N2O5/c1-4-6-13-29-20-12-9-18(14-21(20)28-5-2)23(27)30-16(3)22(26)25-19-10-7-17(15-24)8-11-19/h7-12,14,16H,4-6,13H2,1-3H3,(H,25,26). The van der Waals surface area contributed by atoms with Gasteiger partial charge in [-0.1, -0.05) is 13.3 Å². The summed E-state index contributed by atoms with van der Waals surface area (Å²) in [5.41, 5.74) is 1.26. The highest BCUT2D eigenvalue weighted by molar-refractivity contribution is 5.97. The number of nitrogens with zero attached hydrogens (tertiary/aromatic N) is 1. The highest BCUT2D eigenvalue weighted by Gasteiger charge is 2.20. The van der Waals surface area contributed by atoms with E-state index in [2.05, 4.69) is 12.2 Å². The molecule has 0 radical (unpaired) electrons. The predicted octanol–water partition coefficient (Wildman–Crippen LogP) is 4.32. The molecule has 0 spiro atoms. The second-order valence-corrected chi connectivity index (χ2v) is 6.52. The van der Waals surface area contributed by atoms with Gasteiger partial charge in [0.05, 0.1) is 30.4 Å². The van der Waals surface area contributed by atoms with Crippen molar-refractivity contribution in [3.05, 3.63) is 53.6 Å². The van der Waals surface area contributed by atoms with Crippen molar-refractivity contribution in [1.82, 2.24) is 0 Å². The van der Waals surface area contributed by atoms with Gasteiger partial charge in [-0.15, -0.1) is 0 Å². The first-order valence-electron chi connectivity index (χ1n) is 9.90. The van der Waals surface area contributed by atoms with E-state index in [0.717, 1.165) is 12.8 Å². The summed E-state index contributed by atoms with van der Waals surface area (Å²) in [4.78, 5) is 24.8. The number of nitriles is 1. The molecule has 0 aliphatic carbocycles. The minimum Gasteiger partial charge on any atom is -0.490 e. The van der Waals surface area contributed by atoms with E-state index >= 15 is 0 Å². The molecule has 0 saturated heterocycles. The smallest absolute Gasteiger partial charge is 0.339 e. The average molecular weight is 410 g/mol. The summed E-state index contributed by atoms with van der Waals surface area (Å²) in [5, 5.41) is 11.5. The first kappa shape index (κ1) is 22.8. The van der Waals surface area contributed by atoms with E-state index in [1.165, 1.54) is 6.92 Å². The van der Waals surface area contributed by atoms with Gasteiger partial charge in [0.2, 0.25) is 0 Å². The fraction of sp³-hybridized carbons (Fsp3) is 0.348. The predicted molar refractivity (Wildman–Crippen MR) is 113 cm³/mol. The summed E-state index contributed by atoms with van der Waals surface area (Å²) in [6, 6.07) is 13.2. The molecule has 0 fully saturated rings. The van der Waals surface area contributed by atoms with Crippen molar-refractivity contribution in [3.63, 3.8) is 0 Å². The van der Waals surface area contributed by atoms with Crippen molar-refractivity contribution in [2.24, 2.45) is 0 Å². The van der Waals surface area contributed by atoms with Gasteiger partial charge >= 0.3 is 5.97 Å². The van der Waals surface area contributed by atoms with Crippen molar-refractivity contribution >= 4 is 17.6 Å². The SMILES string of the molecule is CCCCOc1ccc(C(=O)OC(C)C(=O)Nc2ccc(C#N)cc2)cc1OCC. The molecule has 0 saturated carbocycles. The monoisotopic (exact) mass is 410 g/mol. The molecule has 7 nitrogen and oxygen atoms in total. The Morgan fingerprint density at radius 3 is 2.43 bits per heavy atom. The lowest BCUT2D eigenvalue weighted by atomic mass is 10.2. The molecule has 1 amide bonds. The van der Waals surface area contributed by atoms with Crippen LogP contribution in [0.15, 0.2) is 42.5 Å². The summed E-state index contributed by atoms with van der Waals surface area (Å²) in [7, 11) is 0. The van der Waals surface area contributed by atoms with Crippen LogP contribution in [0.2, 0.25) is 0 Å². The normalized spacial score (nSPS) is 11.1. The van der Waals surface area contributed by atoms with Crippen molar-refractivity contribution in [1.29, 1.82) is 5.26 Å². The number of rotatable bonds is 10. The number of anilines is 1. The van der Waals surface area contributed by atoms with Crippen LogP contribution in [-0.4, -0.2) is 31.2 Å². The molecule has 0 aromatic heterocycles. The van der Waals surface area contributed by atoms with E-state index < -0.39 is 18.0 Å². The van der Waals surface area contributed by atoms with Crippen LogP contribution in [-0.2, 0) is 9.53 Å². The molecular formula is C23H26N2O5. The van der Waals surface area contributed by atoms with Crippen LogP contribution in [0.5, 0.6) is 11.5 Å². The van der Waals surface area contributed by atoms with Crippen LogP contribution in [0.3, 0.4) is 0 Å². The van der Waals surface area contributed by atoms with Crippen molar-refractivity contribution in [2.45, 2.75) is 39.7 Å². The number of esters is 1. The molecular weight excluding hydrogens is 384 g/mol. The number of ether oxygens (including phenoxy) is 3. The number of amides is 1. The maximum Gasteiger partial charge on any atom is 0.339 e. The van der Waals surface area contributed by atoms with Crippen LogP contribution in [0, 0.1) is 11.3 Å². The topological polar surface area (TPSA) is 97.6 Å². The van der Waals surface area contributed by atoms with Crippen LogP contribution < -0.4 is 14.8 Å². The molecule has 0 heterocycles. The molecule has 0 aliphatic rings. The number of carbonyl (C=O) groups is 2. The molecule has 158 valence electrons. The zero-order valence-electron chi connectivity index (χ0n) is 17.4. The number of nitrogens with one attached hydrogen (secondary N) is 1. The quantitative estimate of drug-likeness (QED) is 0.463. The van der Waals surface area contributed by atoms with Crippen molar-refractivity contribution < 1.29 is 23.8 Å². The zero-order valence-corrected chi connectivity index (χ0v) is 17.4. The van der Waals surface area contributed by atoms with Crippen LogP contribution in [0.4, 0.5) is 5.69 Å². The maximum absolute atomic E-state index is 12.5. The fourth-order valence-electron chi connectivity index (χ4n) is 2.50. The first-order valence-corrected chi connectivity index (χ1v) is 9.90. The average Bonchev–Trinajstić information content (AvgIpc) is 2.75. The third-order valence-electron chi connectivity index (χ3n) is 4.17. The Labute approximate surface area is 176 Å². The van der Waals surface area contributed by atoms with Gasteiger partial charge in [0.1, 0.15) is 0 Å². The lowest BCUT2D eigenvalue weighted by molar-refractivity contribution is -0.123. The van der Waals surface area contributed by atoms with E-state index in [4.69, 9.17) is 19.5 Å². The minimum atomic E-state index is -1.01. The van der Waals surface area contributed by atoms with E-state index in [1.807, 2.05) is 13.0 Å². The minimum absolute atomic E-state index is 0.263. The molecule has 0 aliphatic heterocycles.